The van der Waals surface area contributed by atoms with Crippen molar-refractivity contribution in [2.45, 2.75) is 50.1 Å². The fourth-order valence-corrected chi connectivity index (χ4v) is 6.43. The second kappa shape index (κ2) is 8.60. The average Bonchev–Trinajstić information content (AvgIpc) is 2.96. The molecule has 5 atom stereocenters. The summed E-state index contributed by atoms with van der Waals surface area (Å²) in [6.45, 7) is 3.91. The van der Waals surface area contributed by atoms with Gasteiger partial charge in [-0.1, -0.05) is 48.3 Å². The summed E-state index contributed by atoms with van der Waals surface area (Å²) < 4.78 is 65.1. The smallest absolute Gasteiger partial charge is 0.376 e. The Morgan fingerprint density at radius 2 is 1.76 bits per heavy atom. The van der Waals surface area contributed by atoms with E-state index in [4.69, 9.17) is 23.2 Å². The lowest BCUT2D eigenvalue weighted by Crippen LogP contribution is -2.42. The van der Waals surface area contributed by atoms with Crippen LogP contribution in [0.15, 0.2) is 42.5 Å². The van der Waals surface area contributed by atoms with Crippen LogP contribution >= 0.6 is 23.2 Å². The van der Waals surface area contributed by atoms with E-state index in [0.29, 0.717) is 23.4 Å². The van der Waals surface area contributed by atoms with Gasteiger partial charge in [-0.3, -0.25) is 4.79 Å². The van der Waals surface area contributed by atoms with Crippen molar-refractivity contribution >= 4 is 39.2 Å². The topological polar surface area (TPSA) is 72.5 Å². The standard InChI is InChI=1S/C23H22Cl2F3NO4S/c1-12-20-19(13-3-5-14(24)6-4-13)17(9-10-22(20,2)21(30)29-12)16-8-7-15(11-18(16)25)33-34(31,32)23(26,27)28/h3-8,11-12,17,19-20H,9-10H2,1-2H3,(H,29,30)/t12-,17+,19+,20+,22-/m1/s1. The van der Waals surface area contributed by atoms with Crippen LogP contribution in [0.5, 0.6) is 5.75 Å². The normalized spacial score (nSPS) is 29.4. The summed E-state index contributed by atoms with van der Waals surface area (Å²) in [6, 6.07) is 11.0. The van der Waals surface area contributed by atoms with Gasteiger partial charge in [0.1, 0.15) is 5.75 Å². The van der Waals surface area contributed by atoms with Crippen molar-refractivity contribution in [1.82, 2.24) is 5.32 Å². The Hall–Kier alpha value is -1.97. The van der Waals surface area contributed by atoms with E-state index in [9.17, 15) is 26.4 Å². The Bertz CT molecular complexity index is 1220. The third kappa shape index (κ3) is 4.27. The Kier molecular flexibility index (Phi) is 6.36. The molecule has 0 radical (unpaired) electrons. The van der Waals surface area contributed by atoms with Crippen LogP contribution in [-0.2, 0) is 14.9 Å². The SMILES string of the molecule is C[C@H]1NC(=O)[C@]2(C)CC[C@@H](c3ccc(OS(=O)(=O)C(F)(F)F)cc3Cl)[C@H](c3ccc(Cl)cc3)[C@H]12. The van der Waals surface area contributed by atoms with Gasteiger partial charge < -0.3 is 9.50 Å². The van der Waals surface area contributed by atoms with Gasteiger partial charge in [-0.05, 0) is 60.9 Å². The molecular weight excluding hydrogens is 514 g/mol. The number of hydrogen-bond acceptors (Lipinski definition) is 4. The number of carbonyl (C=O) groups is 1. The Labute approximate surface area is 205 Å². The first-order chi connectivity index (χ1) is 15.7. The fourth-order valence-electron chi connectivity index (χ4n) is 5.55. The van der Waals surface area contributed by atoms with Crippen LogP contribution in [0.25, 0.3) is 0 Å². The maximum Gasteiger partial charge on any atom is 0.534 e. The molecule has 2 fully saturated rings. The van der Waals surface area contributed by atoms with Gasteiger partial charge in [0.25, 0.3) is 0 Å². The van der Waals surface area contributed by atoms with Crippen molar-refractivity contribution in [3.8, 4) is 5.75 Å². The zero-order valence-corrected chi connectivity index (χ0v) is 20.5. The van der Waals surface area contributed by atoms with Crippen LogP contribution in [0, 0.1) is 11.3 Å². The quantitative estimate of drug-likeness (QED) is 0.383. The highest BCUT2D eigenvalue weighted by Crippen LogP contribution is 2.59. The molecule has 1 aliphatic heterocycles. The third-order valence-electron chi connectivity index (χ3n) is 7.06. The van der Waals surface area contributed by atoms with E-state index < -0.39 is 26.8 Å². The Balaban J connectivity index is 1.75. The molecule has 1 N–H and O–H groups in total. The molecule has 4 rings (SSSR count). The lowest BCUT2D eigenvalue weighted by atomic mass is 9.56. The van der Waals surface area contributed by atoms with Gasteiger partial charge in [-0.25, -0.2) is 0 Å². The molecule has 0 unspecified atom stereocenters. The third-order valence-corrected chi connectivity index (χ3v) is 8.62. The molecule has 1 amide bonds. The minimum atomic E-state index is -5.81. The largest absolute Gasteiger partial charge is 0.534 e. The number of amides is 1. The molecule has 1 heterocycles. The summed E-state index contributed by atoms with van der Waals surface area (Å²) in [5.74, 6) is -0.920. The van der Waals surface area contributed by atoms with Crippen molar-refractivity contribution in [2.24, 2.45) is 11.3 Å². The summed E-state index contributed by atoms with van der Waals surface area (Å²) in [4.78, 5) is 12.8. The molecule has 5 nitrogen and oxygen atoms in total. The van der Waals surface area contributed by atoms with E-state index in [1.165, 1.54) is 12.1 Å². The highest BCUT2D eigenvalue weighted by molar-refractivity contribution is 7.88. The number of carbonyl (C=O) groups excluding carboxylic acids is 1. The number of halogens is 5. The van der Waals surface area contributed by atoms with E-state index >= 15 is 0 Å². The van der Waals surface area contributed by atoms with Crippen LogP contribution in [0.3, 0.4) is 0 Å². The molecule has 0 spiro atoms. The molecule has 2 aromatic carbocycles. The molecular formula is C23H22Cl2F3NO4S. The van der Waals surface area contributed by atoms with Gasteiger partial charge in [0.05, 0.1) is 5.41 Å². The predicted octanol–water partition coefficient (Wildman–Crippen LogP) is 6.02. The van der Waals surface area contributed by atoms with E-state index in [1.54, 1.807) is 12.1 Å². The fraction of sp³-hybridized carbons (Fsp3) is 0.435. The Morgan fingerprint density at radius 3 is 2.35 bits per heavy atom. The molecule has 0 aromatic heterocycles. The number of hydrogen-bond donors (Lipinski definition) is 1. The van der Waals surface area contributed by atoms with Crippen LogP contribution in [0.4, 0.5) is 13.2 Å². The maximum atomic E-state index is 12.8. The Morgan fingerprint density at radius 1 is 1.12 bits per heavy atom. The maximum absolute atomic E-state index is 12.8. The summed E-state index contributed by atoms with van der Waals surface area (Å²) in [7, 11) is -5.81. The van der Waals surface area contributed by atoms with Crippen molar-refractivity contribution in [1.29, 1.82) is 0 Å². The van der Waals surface area contributed by atoms with Crippen molar-refractivity contribution in [3.63, 3.8) is 0 Å². The summed E-state index contributed by atoms with van der Waals surface area (Å²) in [5, 5.41) is 3.71. The first-order valence-electron chi connectivity index (χ1n) is 10.6. The molecule has 184 valence electrons. The van der Waals surface area contributed by atoms with Gasteiger partial charge >= 0.3 is 15.6 Å². The highest BCUT2D eigenvalue weighted by Gasteiger charge is 2.58. The molecule has 2 aliphatic rings. The second-order valence-corrected chi connectivity index (χ2v) is 11.5. The van der Waals surface area contributed by atoms with Crippen LogP contribution < -0.4 is 9.50 Å². The molecule has 1 aliphatic carbocycles. The van der Waals surface area contributed by atoms with E-state index in [-0.39, 0.29) is 34.7 Å². The molecule has 1 saturated heterocycles. The van der Waals surface area contributed by atoms with Crippen LogP contribution in [-0.4, -0.2) is 25.9 Å². The van der Waals surface area contributed by atoms with E-state index in [0.717, 1.165) is 11.6 Å². The van der Waals surface area contributed by atoms with Gasteiger partial charge in [0, 0.05) is 28.1 Å². The number of rotatable bonds is 4. The van der Waals surface area contributed by atoms with Crippen LogP contribution in [0.2, 0.25) is 10.0 Å². The minimum Gasteiger partial charge on any atom is -0.376 e. The second-order valence-electron chi connectivity index (χ2n) is 9.09. The number of alkyl halides is 3. The van der Waals surface area contributed by atoms with Crippen molar-refractivity contribution in [3.05, 3.63) is 63.6 Å². The minimum absolute atomic E-state index is 0.00499. The van der Waals surface area contributed by atoms with Gasteiger partial charge in [-0.2, -0.15) is 21.6 Å². The predicted molar refractivity (Wildman–Crippen MR) is 122 cm³/mol. The van der Waals surface area contributed by atoms with Crippen molar-refractivity contribution in [2.75, 3.05) is 0 Å². The molecule has 2 aromatic rings. The first kappa shape index (κ1) is 25.1. The van der Waals surface area contributed by atoms with Crippen molar-refractivity contribution < 1.29 is 30.6 Å². The van der Waals surface area contributed by atoms with E-state index in [1.807, 2.05) is 26.0 Å². The highest BCUT2D eigenvalue weighted by atomic mass is 35.5. The summed E-state index contributed by atoms with van der Waals surface area (Å²) >= 11 is 12.6. The lowest BCUT2D eigenvalue weighted by Gasteiger charge is -2.46. The lowest BCUT2D eigenvalue weighted by molar-refractivity contribution is -0.129. The van der Waals surface area contributed by atoms with Gasteiger partial charge in [0.2, 0.25) is 5.91 Å². The zero-order chi connectivity index (χ0) is 25.1. The zero-order valence-electron chi connectivity index (χ0n) is 18.2. The molecule has 11 heteroatoms. The number of benzene rings is 2. The molecule has 34 heavy (non-hydrogen) atoms. The first-order valence-corrected chi connectivity index (χ1v) is 12.8. The number of fused-ring (bicyclic) bond motifs is 1. The van der Waals surface area contributed by atoms with E-state index in [2.05, 4.69) is 9.50 Å². The van der Waals surface area contributed by atoms with Crippen LogP contribution in [0.1, 0.15) is 49.7 Å². The molecule has 1 saturated carbocycles. The van der Waals surface area contributed by atoms with Gasteiger partial charge in [-0.15, -0.1) is 0 Å². The average molecular weight is 536 g/mol. The molecule has 0 bridgehead atoms. The monoisotopic (exact) mass is 535 g/mol. The van der Waals surface area contributed by atoms with Gasteiger partial charge in [0.15, 0.2) is 0 Å². The summed E-state index contributed by atoms with van der Waals surface area (Å²) in [6.07, 6.45) is 1.20. The summed E-state index contributed by atoms with van der Waals surface area (Å²) in [5.41, 5.74) is -4.53. The number of nitrogens with one attached hydrogen (secondary N) is 1.